The molecule has 0 atom stereocenters. The predicted molar refractivity (Wildman–Crippen MR) is 110 cm³/mol. The van der Waals surface area contributed by atoms with Crippen molar-refractivity contribution in [2.75, 3.05) is 12.4 Å². The van der Waals surface area contributed by atoms with Crippen molar-refractivity contribution in [2.45, 2.75) is 13.8 Å². The van der Waals surface area contributed by atoms with Crippen molar-refractivity contribution in [3.63, 3.8) is 0 Å². The molecule has 0 unspecified atom stereocenters. The molecule has 0 radical (unpaired) electrons. The van der Waals surface area contributed by atoms with Gasteiger partial charge in [-0.1, -0.05) is 12.1 Å². The number of carbonyl (C=O) groups is 1. The second-order valence-corrected chi connectivity index (χ2v) is 6.37. The lowest BCUT2D eigenvalue weighted by Gasteiger charge is -2.10. The summed E-state index contributed by atoms with van der Waals surface area (Å²) in [5.74, 6) is 0.331. The maximum atomic E-state index is 12.6. The summed E-state index contributed by atoms with van der Waals surface area (Å²) in [6, 6.07) is 19.0. The van der Waals surface area contributed by atoms with Crippen LogP contribution in [0.5, 0.6) is 5.75 Å². The minimum atomic E-state index is -0.432. The van der Waals surface area contributed by atoms with E-state index < -0.39 is 5.91 Å². The summed E-state index contributed by atoms with van der Waals surface area (Å²) in [4.78, 5) is 12.6. The highest BCUT2D eigenvalue weighted by molar-refractivity contribution is 6.09. The third-order valence-electron chi connectivity index (χ3n) is 4.64. The van der Waals surface area contributed by atoms with E-state index in [0.29, 0.717) is 5.69 Å². The monoisotopic (exact) mass is 371 g/mol. The molecule has 0 bridgehead atoms. The number of nitrogens with zero attached hydrogens (tertiary/aromatic N) is 2. The number of hydrogen-bond donors (Lipinski definition) is 1. The predicted octanol–water partition coefficient (Wildman–Crippen LogP) is 4.65. The van der Waals surface area contributed by atoms with E-state index in [4.69, 9.17) is 4.74 Å². The van der Waals surface area contributed by atoms with Crippen LogP contribution < -0.4 is 10.1 Å². The van der Waals surface area contributed by atoms with Crippen molar-refractivity contribution in [3.05, 3.63) is 83.2 Å². The average Bonchev–Trinajstić information content (AvgIpc) is 3.17. The Kier molecular flexibility index (Phi) is 5.61. The molecule has 140 valence electrons. The summed E-state index contributed by atoms with van der Waals surface area (Å²) in [5.41, 5.74) is 4.44. The van der Waals surface area contributed by atoms with E-state index in [9.17, 15) is 10.1 Å². The fourth-order valence-electron chi connectivity index (χ4n) is 2.86. The Bertz CT molecular complexity index is 1070. The van der Waals surface area contributed by atoms with Gasteiger partial charge in [-0.25, -0.2) is 0 Å². The smallest absolute Gasteiger partial charge is 0.266 e. The van der Waals surface area contributed by atoms with Gasteiger partial charge in [-0.05, 0) is 73.5 Å². The first kappa shape index (κ1) is 19.0. The van der Waals surface area contributed by atoms with Gasteiger partial charge in [-0.2, -0.15) is 5.26 Å². The van der Waals surface area contributed by atoms with Crippen LogP contribution in [0.15, 0.2) is 66.4 Å². The Morgan fingerprint density at radius 3 is 2.54 bits per heavy atom. The molecule has 2 aromatic carbocycles. The van der Waals surface area contributed by atoms with Crippen molar-refractivity contribution in [3.8, 4) is 17.5 Å². The Hall–Kier alpha value is -3.78. The SMILES string of the molecule is COc1ccc(-n2cccc2/C=C(/C#N)C(=O)Nc2cccc(C)c2C)cc1. The normalized spacial score (nSPS) is 11.0. The molecule has 5 nitrogen and oxygen atoms in total. The molecule has 28 heavy (non-hydrogen) atoms. The lowest BCUT2D eigenvalue weighted by atomic mass is 10.1. The maximum absolute atomic E-state index is 12.6. The lowest BCUT2D eigenvalue weighted by molar-refractivity contribution is -0.112. The van der Waals surface area contributed by atoms with E-state index in [1.807, 2.05) is 85.3 Å². The molecule has 3 aromatic rings. The number of anilines is 1. The number of benzene rings is 2. The lowest BCUT2D eigenvalue weighted by Crippen LogP contribution is -2.14. The first-order valence-corrected chi connectivity index (χ1v) is 8.84. The van der Waals surface area contributed by atoms with Crippen molar-refractivity contribution in [2.24, 2.45) is 0 Å². The van der Waals surface area contributed by atoms with Crippen LogP contribution in [-0.2, 0) is 4.79 Å². The molecule has 0 spiro atoms. The van der Waals surface area contributed by atoms with E-state index in [1.165, 1.54) is 0 Å². The average molecular weight is 371 g/mol. The molecule has 0 saturated heterocycles. The first-order chi connectivity index (χ1) is 13.5. The largest absolute Gasteiger partial charge is 0.497 e. The minimum absolute atomic E-state index is 0.0365. The number of ether oxygens (including phenoxy) is 1. The summed E-state index contributed by atoms with van der Waals surface area (Å²) in [6.45, 7) is 3.92. The van der Waals surface area contributed by atoms with Gasteiger partial charge in [0, 0.05) is 23.3 Å². The molecule has 0 fully saturated rings. The topological polar surface area (TPSA) is 67.0 Å². The second kappa shape index (κ2) is 8.28. The number of methoxy groups -OCH3 is 1. The van der Waals surface area contributed by atoms with Crippen LogP contribution in [0.3, 0.4) is 0 Å². The molecule has 3 rings (SSSR count). The molecule has 0 aliphatic carbocycles. The van der Waals surface area contributed by atoms with E-state index in [-0.39, 0.29) is 5.57 Å². The quantitative estimate of drug-likeness (QED) is 0.524. The Morgan fingerprint density at radius 1 is 1.11 bits per heavy atom. The molecule has 1 N–H and O–H groups in total. The van der Waals surface area contributed by atoms with Crippen LogP contribution in [-0.4, -0.2) is 17.6 Å². The van der Waals surface area contributed by atoms with Gasteiger partial charge in [0.25, 0.3) is 5.91 Å². The van der Waals surface area contributed by atoms with Crippen LogP contribution in [0.1, 0.15) is 16.8 Å². The van der Waals surface area contributed by atoms with Crippen LogP contribution in [0.2, 0.25) is 0 Å². The number of rotatable bonds is 5. The van der Waals surface area contributed by atoms with E-state index in [1.54, 1.807) is 13.2 Å². The summed E-state index contributed by atoms with van der Waals surface area (Å²) >= 11 is 0. The number of hydrogen-bond acceptors (Lipinski definition) is 3. The van der Waals surface area contributed by atoms with Gasteiger partial charge >= 0.3 is 0 Å². The highest BCUT2D eigenvalue weighted by Gasteiger charge is 2.13. The molecule has 1 amide bonds. The first-order valence-electron chi connectivity index (χ1n) is 8.84. The maximum Gasteiger partial charge on any atom is 0.266 e. The number of amides is 1. The zero-order valence-corrected chi connectivity index (χ0v) is 16.1. The molecule has 5 heteroatoms. The molecular formula is C23H21N3O2. The van der Waals surface area contributed by atoms with Crippen molar-refractivity contribution < 1.29 is 9.53 Å². The van der Waals surface area contributed by atoms with Gasteiger partial charge < -0.3 is 14.6 Å². The summed E-state index contributed by atoms with van der Waals surface area (Å²) < 4.78 is 7.09. The third-order valence-corrected chi connectivity index (χ3v) is 4.64. The standard InChI is InChI=1S/C23H21N3O2/c1-16-6-4-8-22(17(16)2)25-23(27)18(15-24)14-20-7-5-13-26(20)19-9-11-21(28-3)12-10-19/h4-14H,1-3H3,(H,25,27)/b18-14-. The van der Waals surface area contributed by atoms with E-state index >= 15 is 0 Å². The van der Waals surface area contributed by atoms with Gasteiger partial charge in [0.1, 0.15) is 17.4 Å². The minimum Gasteiger partial charge on any atom is -0.497 e. The molecule has 0 aliphatic heterocycles. The van der Waals surface area contributed by atoms with Crippen molar-refractivity contribution in [1.82, 2.24) is 4.57 Å². The fraction of sp³-hybridized carbons (Fsp3) is 0.130. The number of nitrogens with one attached hydrogen (secondary N) is 1. The molecule has 0 aliphatic rings. The molecule has 1 aromatic heterocycles. The Morgan fingerprint density at radius 2 is 1.86 bits per heavy atom. The molecular weight excluding hydrogens is 350 g/mol. The highest BCUT2D eigenvalue weighted by atomic mass is 16.5. The number of carbonyl (C=O) groups excluding carboxylic acids is 1. The summed E-state index contributed by atoms with van der Waals surface area (Å²) in [7, 11) is 1.62. The van der Waals surface area contributed by atoms with Gasteiger partial charge in [0.15, 0.2) is 0 Å². The molecule has 0 saturated carbocycles. The van der Waals surface area contributed by atoms with Crippen LogP contribution in [0, 0.1) is 25.2 Å². The van der Waals surface area contributed by atoms with Crippen LogP contribution >= 0.6 is 0 Å². The Labute approximate surface area is 164 Å². The third kappa shape index (κ3) is 3.97. The number of nitriles is 1. The van der Waals surface area contributed by atoms with Crippen molar-refractivity contribution in [1.29, 1.82) is 5.26 Å². The van der Waals surface area contributed by atoms with Gasteiger partial charge in [0.05, 0.1) is 7.11 Å². The van der Waals surface area contributed by atoms with E-state index in [2.05, 4.69) is 5.32 Å². The van der Waals surface area contributed by atoms with Crippen molar-refractivity contribution >= 4 is 17.7 Å². The zero-order chi connectivity index (χ0) is 20.1. The Balaban J connectivity index is 1.89. The summed E-state index contributed by atoms with van der Waals surface area (Å²) in [6.07, 6.45) is 3.47. The second-order valence-electron chi connectivity index (χ2n) is 6.37. The number of aryl methyl sites for hydroxylation is 1. The zero-order valence-electron chi connectivity index (χ0n) is 16.1. The van der Waals surface area contributed by atoms with Gasteiger partial charge in [-0.15, -0.1) is 0 Å². The van der Waals surface area contributed by atoms with Gasteiger partial charge in [-0.3, -0.25) is 4.79 Å². The van der Waals surface area contributed by atoms with E-state index in [0.717, 1.165) is 28.3 Å². The molecule has 1 heterocycles. The fourth-order valence-corrected chi connectivity index (χ4v) is 2.86. The highest BCUT2D eigenvalue weighted by Crippen LogP contribution is 2.21. The number of aromatic nitrogens is 1. The van der Waals surface area contributed by atoms with Crippen LogP contribution in [0.4, 0.5) is 5.69 Å². The summed E-state index contributed by atoms with van der Waals surface area (Å²) in [5, 5.41) is 12.4. The van der Waals surface area contributed by atoms with Crippen LogP contribution in [0.25, 0.3) is 11.8 Å². The van der Waals surface area contributed by atoms with Gasteiger partial charge in [0.2, 0.25) is 0 Å².